The van der Waals surface area contributed by atoms with E-state index < -0.39 is 6.09 Å². The van der Waals surface area contributed by atoms with Crippen molar-refractivity contribution in [2.24, 2.45) is 5.92 Å². The number of aromatic amines is 1. The Morgan fingerprint density at radius 1 is 1.37 bits per heavy atom. The smallest absolute Gasteiger partial charge is 0.404 e. The van der Waals surface area contributed by atoms with Gasteiger partial charge in [0.1, 0.15) is 0 Å². The van der Waals surface area contributed by atoms with E-state index in [1.54, 1.807) is 6.20 Å². The molecular formula is C21H32N6O3. The molecule has 0 spiro atoms. The van der Waals surface area contributed by atoms with Crippen molar-refractivity contribution in [2.75, 3.05) is 5.32 Å². The van der Waals surface area contributed by atoms with Gasteiger partial charge in [0.05, 0.1) is 12.6 Å². The molecule has 164 valence electrons. The third-order valence-electron chi connectivity index (χ3n) is 5.83. The topological polar surface area (TPSA) is 125 Å². The van der Waals surface area contributed by atoms with E-state index in [9.17, 15) is 9.59 Å². The van der Waals surface area contributed by atoms with Crippen molar-refractivity contribution >= 4 is 17.8 Å². The normalized spacial score (nSPS) is 19.7. The third-order valence-corrected chi connectivity index (χ3v) is 5.83. The highest BCUT2D eigenvalue weighted by atomic mass is 16.4. The molecule has 0 radical (unpaired) electrons. The third kappa shape index (κ3) is 5.84. The van der Waals surface area contributed by atoms with Gasteiger partial charge in [-0.3, -0.25) is 14.6 Å². The summed E-state index contributed by atoms with van der Waals surface area (Å²) in [6, 6.07) is 2.18. The Morgan fingerprint density at radius 2 is 2.17 bits per heavy atom. The molecule has 9 heteroatoms. The quantitative estimate of drug-likeness (QED) is 0.496. The van der Waals surface area contributed by atoms with Crippen LogP contribution in [0.2, 0.25) is 0 Å². The van der Waals surface area contributed by atoms with Gasteiger partial charge in [-0.25, -0.2) is 4.79 Å². The number of anilines is 1. The number of hydrogen-bond acceptors (Lipinski definition) is 4. The van der Waals surface area contributed by atoms with Crippen LogP contribution in [0.5, 0.6) is 0 Å². The molecule has 1 saturated carbocycles. The predicted molar refractivity (Wildman–Crippen MR) is 113 cm³/mol. The minimum absolute atomic E-state index is 0.00270. The first-order valence-corrected chi connectivity index (χ1v) is 10.7. The SMILES string of the molecule is CCC(CC1CCC(c2cc(NC(=O)Cc3cnn(C(C)C)c3)n[nH]2)C1)NC(=O)O. The minimum atomic E-state index is -0.957. The van der Waals surface area contributed by atoms with E-state index in [-0.39, 0.29) is 24.4 Å². The molecule has 30 heavy (non-hydrogen) atoms. The van der Waals surface area contributed by atoms with Crippen molar-refractivity contribution < 1.29 is 14.7 Å². The van der Waals surface area contributed by atoms with Crippen molar-refractivity contribution in [3.63, 3.8) is 0 Å². The fourth-order valence-corrected chi connectivity index (χ4v) is 4.21. The second-order valence-corrected chi connectivity index (χ2v) is 8.52. The zero-order chi connectivity index (χ0) is 21.7. The molecule has 1 fully saturated rings. The van der Waals surface area contributed by atoms with Crippen LogP contribution in [-0.2, 0) is 11.2 Å². The number of carbonyl (C=O) groups excluding carboxylic acids is 1. The highest BCUT2D eigenvalue weighted by Crippen LogP contribution is 2.40. The van der Waals surface area contributed by atoms with Crippen molar-refractivity contribution in [3.8, 4) is 0 Å². The van der Waals surface area contributed by atoms with Crippen LogP contribution in [0.3, 0.4) is 0 Å². The zero-order valence-corrected chi connectivity index (χ0v) is 17.9. The molecule has 9 nitrogen and oxygen atoms in total. The molecule has 2 amide bonds. The van der Waals surface area contributed by atoms with Crippen LogP contribution in [-0.4, -0.2) is 43.1 Å². The lowest BCUT2D eigenvalue weighted by Crippen LogP contribution is -2.34. The van der Waals surface area contributed by atoms with Gasteiger partial charge in [-0.1, -0.05) is 6.92 Å². The summed E-state index contributed by atoms with van der Waals surface area (Å²) in [6.07, 6.45) is 7.68. The standard InChI is InChI=1S/C21H32N6O3/c1-4-17(23-21(29)30)8-14-5-6-16(7-14)18-10-19(26-25-18)24-20(28)9-15-11-22-27(12-15)13(2)3/h10-14,16-17,23H,4-9H2,1-3H3,(H,29,30)(H2,24,25,26,28). The van der Waals surface area contributed by atoms with E-state index in [0.717, 1.165) is 43.4 Å². The van der Waals surface area contributed by atoms with E-state index in [2.05, 4.69) is 25.9 Å². The molecular weight excluding hydrogens is 384 g/mol. The number of aromatic nitrogens is 4. The van der Waals surface area contributed by atoms with Gasteiger partial charge in [-0.15, -0.1) is 0 Å². The average molecular weight is 417 g/mol. The minimum Gasteiger partial charge on any atom is -0.465 e. The maximum Gasteiger partial charge on any atom is 0.404 e. The lowest BCUT2D eigenvalue weighted by molar-refractivity contribution is -0.115. The van der Waals surface area contributed by atoms with Crippen LogP contribution in [0.15, 0.2) is 18.5 Å². The Balaban J connectivity index is 1.49. The van der Waals surface area contributed by atoms with Crippen LogP contribution >= 0.6 is 0 Å². The Labute approximate surface area is 176 Å². The lowest BCUT2D eigenvalue weighted by Gasteiger charge is -2.19. The van der Waals surface area contributed by atoms with Gasteiger partial charge in [-0.2, -0.15) is 10.2 Å². The number of rotatable bonds is 9. The average Bonchev–Trinajstić information content (AvgIpc) is 3.41. The van der Waals surface area contributed by atoms with Gasteiger partial charge >= 0.3 is 6.09 Å². The molecule has 2 heterocycles. The van der Waals surface area contributed by atoms with Crippen molar-refractivity contribution in [3.05, 3.63) is 29.7 Å². The molecule has 3 rings (SSSR count). The van der Waals surface area contributed by atoms with Gasteiger partial charge in [0.2, 0.25) is 5.91 Å². The Morgan fingerprint density at radius 3 is 2.83 bits per heavy atom. The number of H-pyrrole nitrogens is 1. The highest BCUT2D eigenvalue weighted by molar-refractivity contribution is 5.91. The first-order valence-electron chi connectivity index (χ1n) is 10.7. The zero-order valence-electron chi connectivity index (χ0n) is 17.9. The largest absolute Gasteiger partial charge is 0.465 e. The molecule has 0 bridgehead atoms. The van der Waals surface area contributed by atoms with E-state index in [1.165, 1.54) is 0 Å². The summed E-state index contributed by atoms with van der Waals surface area (Å²) in [5.41, 5.74) is 1.90. The molecule has 0 saturated heterocycles. The number of amides is 2. The van der Waals surface area contributed by atoms with Crippen LogP contribution in [0.25, 0.3) is 0 Å². The van der Waals surface area contributed by atoms with Crippen LogP contribution < -0.4 is 10.6 Å². The van der Waals surface area contributed by atoms with Gasteiger partial charge in [-0.05, 0) is 57.4 Å². The first kappa shape index (κ1) is 21.9. The van der Waals surface area contributed by atoms with Crippen molar-refractivity contribution in [1.29, 1.82) is 0 Å². The molecule has 3 atom stereocenters. The summed E-state index contributed by atoms with van der Waals surface area (Å²) in [5.74, 6) is 1.27. The summed E-state index contributed by atoms with van der Waals surface area (Å²) in [7, 11) is 0. The number of carboxylic acid groups (broad SMARTS) is 1. The van der Waals surface area contributed by atoms with Gasteiger partial charge in [0, 0.05) is 36.0 Å². The molecule has 0 aromatic carbocycles. The van der Waals surface area contributed by atoms with E-state index in [4.69, 9.17) is 5.11 Å². The number of carbonyl (C=O) groups is 2. The fraction of sp³-hybridized carbons (Fsp3) is 0.619. The van der Waals surface area contributed by atoms with Gasteiger partial charge < -0.3 is 15.7 Å². The maximum atomic E-state index is 12.3. The summed E-state index contributed by atoms with van der Waals surface area (Å²) < 4.78 is 1.83. The van der Waals surface area contributed by atoms with E-state index >= 15 is 0 Å². The number of nitrogens with one attached hydrogen (secondary N) is 3. The van der Waals surface area contributed by atoms with Crippen molar-refractivity contribution in [2.45, 2.75) is 77.3 Å². The lowest BCUT2D eigenvalue weighted by atomic mass is 9.95. The Hall–Kier alpha value is -2.84. The van der Waals surface area contributed by atoms with Gasteiger partial charge in [0.15, 0.2) is 5.82 Å². The molecule has 2 aromatic heterocycles. The molecule has 4 N–H and O–H groups in total. The summed E-state index contributed by atoms with van der Waals surface area (Å²) >= 11 is 0. The fourth-order valence-electron chi connectivity index (χ4n) is 4.21. The highest BCUT2D eigenvalue weighted by Gasteiger charge is 2.29. The molecule has 3 unspecified atom stereocenters. The predicted octanol–water partition coefficient (Wildman–Crippen LogP) is 3.69. The van der Waals surface area contributed by atoms with Crippen LogP contribution in [0.1, 0.15) is 76.1 Å². The molecule has 1 aliphatic carbocycles. The van der Waals surface area contributed by atoms with Crippen LogP contribution in [0.4, 0.5) is 10.6 Å². The first-order chi connectivity index (χ1) is 14.3. The summed E-state index contributed by atoms with van der Waals surface area (Å²) in [4.78, 5) is 23.2. The Bertz CT molecular complexity index is 859. The summed E-state index contributed by atoms with van der Waals surface area (Å²) in [5, 5.41) is 26.0. The molecule has 0 aliphatic heterocycles. The van der Waals surface area contributed by atoms with Crippen LogP contribution in [0, 0.1) is 5.92 Å². The van der Waals surface area contributed by atoms with E-state index in [1.807, 2.05) is 37.7 Å². The molecule has 2 aromatic rings. The Kier molecular flexibility index (Phi) is 7.12. The summed E-state index contributed by atoms with van der Waals surface area (Å²) in [6.45, 7) is 6.09. The monoisotopic (exact) mass is 416 g/mol. The second-order valence-electron chi connectivity index (χ2n) is 8.52. The van der Waals surface area contributed by atoms with Gasteiger partial charge in [0.25, 0.3) is 0 Å². The maximum absolute atomic E-state index is 12.3. The number of hydrogen-bond donors (Lipinski definition) is 4. The molecule has 1 aliphatic rings. The van der Waals surface area contributed by atoms with Crippen molar-refractivity contribution in [1.82, 2.24) is 25.3 Å². The number of nitrogens with zero attached hydrogens (tertiary/aromatic N) is 3. The second kappa shape index (κ2) is 9.77. The van der Waals surface area contributed by atoms with E-state index in [0.29, 0.717) is 17.7 Å².